The van der Waals surface area contributed by atoms with E-state index >= 15 is 0 Å². The summed E-state index contributed by atoms with van der Waals surface area (Å²) in [7, 11) is 1.39. The maximum atomic E-state index is 11.5. The second kappa shape index (κ2) is 3.61. The van der Waals surface area contributed by atoms with Crippen LogP contribution in [0.3, 0.4) is 0 Å². The molecule has 2 rings (SSSR count). The first kappa shape index (κ1) is 11.2. The maximum absolute atomic E-state index is 11.5. The fraction of sp³-hybridized carbons (Fsp3) is 0.667. The summed E-state index contributed by atoms with van der Waals surface area (Å²) < 4.78 is 9.61. The molecule has 1 heterocycles. The fourth-order valence-electron chi connectivity index (χ4n) is 2.38. The molecule has 0 unspecified atom stereocenters. The summed E-state index contributed by atoms with van der Waals surface area (Å²) in [5, 5.41) is 0. The Balaban J connectivity index is 2.13. The average Bonchev–Trinajstić information content (AvgIpc) is 2.57. The highest BCUT2D eigenvalue weighted by Gasteiger charge is 2.61. The third-order valence-electron chi connectivity index (χ3n) is 3.61. The van der Waals surface area contributed by atoms with E-state index in [0.29, 0.717) is 18.6 Å². The van der Waals surface area contributed by atoms with Crippen LogP contribution in [0.5, 0.6) is 0 Å². The van der Waals surface area contributed by atoms with Gasteiger partial charge in [0.15, 0.2) is 0 Å². The van der Waals surface area contributed by atoms with Gasteiger partial charge in [-0.15, -0.1) is 0 Å². The summed E-state index contributed by atoms with van der Waals surface area (Å²) >= 11 is 0. The van der Waals surface area contributed by atoms with Crippen LogP contribution in [0.2, 0.25) is 0 Å². The molecule has 0 N–H and O–H groups in total. The first-order valence-electron chi connectivity index (χ1n) is 5.44. The number of methoxy groups -OCH3 is 1. The molecule has 4 heteroatoms. The largest absolute Gasteiger partial charge is 0.469 e. The van der Waals surface area contributed by atoms with Gasteiger partial charge in [0.05, 0.1) is 19.6 Å². The van der Waals surface area contributed by atoms with Gasteiger partial charge in [-0.2, -0.15) is 0 Å². The van der Waals surface area contributed by atoms with Gasteiger partial charge >= 0.3 is 11.9 Å². The fourth-order valence-corrected chi connectivity index (χ4v) is 2.38. The number of carbonyl (C=O) groups excluding carboxylic acids is 2. The molecule has 0 aromatic rings. The number of esters is 2. The van der Waals surface area contributed by atoms with Crippen molar-refractivity contribution < 1.29 is 19.1 Å². The van der Waals surface area contributed by atoms with Crippen molar-refractivity contribution >= 4 is 11.9 Å². The Morgan fingerprint density at radius 1 is 1.56 bits per heavy atom. The van der Waals surface area contributed by atoms with Gasteiger partial charge in [-0.1, -0.05) is 19.9 Å². The molecule has 4 nitrogen and oxygen atoms in total. The van der Waals surface area contributed by atoms with E-state index < -0.39 is 0 Å². The summed E-state index contributed by atoms with van der Waals surface area (Å²) in [6.45, 7) is 4.48. The van der Waals surface area contributed by atoms with Crippen LogP contribution in [0.15, 0.2) is 11.6 Å². The third kappa shape index (κ3) is 1.62. The summed E-state index contributed by atoms with van der Waals surface area (Å²) in [5.74, 6) is -0.469. The summed E-state index contributed by atoms with van der Waals surface area (Å²) in [6.07, 6.45) is 2.54. The van der Waals surface area contributed by atoms with Gasteiger partial charge in [0.25, 0.3) is 0 Å². The van der Waals surface area contributed by atoms with Crippen molar-refractivity contribution in [3.63, 3.8) is 0 Å². The molecule has 1 saturated carbocycles. The van der Waals surface area contributed by atoms with Crippen molar-refractivity contribution in [1.29, 1.82) is 0 Å². The number of ether oxygens (including phenoxy) is 2. The highest BCUT2D eigenvalue weighted by molar-refractivity contribution is 5.90. The van der Waals surface area contributed by atoms with Crippen LogP contribution in [0.4, 0.5) is 0 Å². The topological polar surface area (TPSA) is 52.6 Å². The predicted octanol–water partition coefficient (Wildman–Crippen LogP) is 1.30. The molecule has 1 aliphatic carbocycles. The molecule has 0 aromatic carbocycles. The molecule has 0 aromatic heterocycles. The van der Waals surface area contributed by atoms with Gasteiger partial charge in [-0.05, 0) is 11.3 Å². The normalized spacial score (nSPS) is 33.7. The van der Waals surface area contributed by atoms with Crippen molar-refractivity contribution in [3.8, 4) is 0 Å². The Morgan fingerprint density at radius 2 is 2.25 bits per heavy atom. The minimum absolute atomic E-state index is 0.0978. The monoisotopic (exact) mass is 224 g/mol. The Hall–Kier alpha value is -1.32. The summed E-state index contributed by atoms with van der Waals surface area (Å²) in [6, 6.07) is 0. The molecule has 0 radical (unpaired) electrons. The first-order chi connectivity index (χ1) is 7.48. The van der Waals surface area contributed by atoms with E-state index in [4.69, 9.17) is 9.47 Å². The van der Waals surface area contributed by atoms with Crippen LogP contribution in [0.1, 0.15) is 20.3 Å². The first-order valence-corrected chi connectivity index (χ1v) is 5.44. The van der Waals surface area contributed by atoms with Crippen molar-refractivity contribution in [1.82, 2.24) is 0 Å². The van der Waals surface area contributed by atoms with Gasteiger partial charge in [-0.3, -0.25) is 4.79 Å². The quantitative estimate of drug-likeness (QED) is 0.524. The Morgan fingerprint density at radius 3 is 2.75 bits per heavy atom. The lowest BCUT2D eigenvalue weighted by Gasteiger charge is -1.99. The molecular formula is C12H16O4. The molecule has 88 valence electrons. The lowest BCUT2D eigenvalue weighted by Crippen LogP contribution is -2.07. The van der Waals surface area contributed by atoms with Gasteiger partial charge in [-0.25, -0.2) is 4.79 Å². The average molecular weight is 224 g/mol. The molecule has 2 aliphatic rings. The summed E-state index contributed by atoms with van der Waals surface area (Å²) in [4.78, 5) is 22.8. The SMILES string of the molecule is COC(=O)[C@@H]1[C@@H](/C=C2\CCOC2=O)C1(C)C. The highest BCUT2D eigenvalue weighted by Crippen LogP contribution is 2.60. The van der Waals surface area contributed by atoms with E-state index in [9.17, 15) is 9.59 Å². The van der Waals surface area contributed by atoms with Crippen molar-refractivity contribution in [2.45, 2.75) is 20.3 Å². The highest BCUT2D eigenvalue weighted by atomic mass is 16.5. The molecular weight excluding hydrogens is 208 g/mol. The lowest BCUT2D eigenvalue weighted by molar-refractivity contribution is -0.143. The summed E-state index contributed by atoms with van der Waals surface area (Å²) in [5.41, 5.74) is 0.590. The predicted molar refractivity (Wildman–Crippen MR) is 56.4 cm³/mol. The second-order valence-corrected chi connectivity index (χ2v) is 4.93. The van der Waals surface area contributed by atoms with Crippen LogP contribution in [-0.2, 0) is 19.1 Å². The molecule has 0 amide bonds. The van der Waals surface area contributed by atoms with Gasteiger partial charge in [0.1, 0.15) is 0 Å². The Labute approximate surface area is 94.6 Å². The van der Waals surface area contributed by atoms with Crippen LogP contribution < -0.4 is 0 Å². The number of hydrogen-bond donors (Lipinski definition) is 0. The minimum Gasteiger partial charge on any atom is -0.469 e. The van der Waals surface area contributed by atoms with E-state index in [1.807, 2.05) is 19.9 Å². The zero-order valence-corrected chi connectivity index (χ0v) is 9.78. The maximum Gasteiger partial charge on any atom is 0.333 e. The van der Waals surface area contributed by atoms with Crippen LogP contribution in [0, 0.1) is 17.3 Å². The van der Waals surface area contributed by atoms with Gasteiger partial charge in [0, 0.05) is 12.0 Å². The number of hydrogen-bond acceptors (Lipinski definition) is 4. The second-order valence-electron chi connectivity index (χ2n) is 4.93. The van der Waals surface area contributed by atoms with E-state index in [2.05, 4.69) is 0 Å². The van der Waals surface area contributed by atoms with Crippen LogP contribution in [-0.4, -0.2) is 25.7 Å². The van der Waals surface area contributed by atoms with E-state index in [1.54, 1.807) is 0 Å². The molecule has 0 spiro atoms. The third-order valence-corrected chi connectivity index (χ3v) is 3.61. The molecule has 16 heavy (non-hydrogen) atoms. The molecule has 2 atom stereocenters. The van der Waals surface area contributed by atoms with Crippen molar-refractivity contribution in [2.75, 3.05) is 13.7 Å². The number of allylic oxidation sites excluding steroid dienone is 1. The number of rotatable bonds is 2. The lowest BCUT2D eigenvalue weighted by atomic mass is 10.1. The number of carbonyl (C=O) groups is 2. The molecule has 1 saturated heterocycles. The molecule has 1 aliphatic heterocycles. The molecule has 2 fully saturated rings. The van der Waals surface area contributed by atoms with Gasteiger partial charge < -0.3 is 9.47 Å². The molecule has 0 bridgehead atoms. The Kier molecular flexibility index (Phi) is 2.52. The smallest absolute Gasteiger partial charge is 0.333 e. The van der Waals surface area contributed by atoms with Crippen molar-refractivity contribution in [2.24, 2.45) is 17.3 Å². The minimum atomic E-state index is -0.244. The van der Waals surface area contributed by atoms with E-state index in [1.165, 1.54) is 7.11 Å². The Bertz CT molecular complexity index is 367. The zero-order valence-electron chi connectivity index (χ0n) is 9.78. The van der Waals surface area contributed by atoms with E-state index in [0.717, 1.165) is 0 Å². The van der Waals surface area contributed by atoms with E-state index in [-0.39, 0.29) is 29.2 Å². The number of cyclic esters (lactones) is 1. The standard InChI is InChI=1S/C12H16O4/c1-12(2)8(9(12)11(14)15-3)6-7-4-5-16-10(7)13/h6,8-9H,4-5H2,1-3H3/b7-6+/t8-,9+/m1/s1. The van der Waals surface area contributed by atoms with Crippen molar-refractivity contribution in [3.05, 3.63) is 11.6 Å². The van der Waals surface area contributed by atoms with Gasteiger partial charge in [0.2, 0.25) is 0 Å². The zero-order chi connectivity index (χ0) is 11.9. The van der Waals surface area contributed by atoms with Crippen LogP contribution in [0.25, 0.3) is 0 Å². The van der Waals surface area contributed by atoms with Crippen LogP contribution >= 0.6 is 0 Å².